The smallest absolute Gasteiger partial charge is 0.748 e. The van der Waals surface area contributed by atoms with Crippen LogP contribution in [0.15, 0.2) is 0 Å². The Bertz CT molecular complexity index is 320. The fourth-order valence-electron chi connectivity index (χ4n) is 2.41. The number of unbranched alkanes of at least 4 members (excludes halogenated alkanes) is 6. The number of hydrogen-bond donors (Lipinski definition) is 1. The van der Waals surface area contributed by atoms with E-state index in [1.807, 2.05) is 0 Å². The number of aliphatic hydroxyl groups is 1. The Morgan fingerprint density at radius 3 is 1.90 bits per heavy atom. The zero-order valence-corrected chi connectivity index (χ0v) is 18.0. The fourth-order valence-corrected chi connectivity index (χ4v) is 3.32. The van der Waals surface area contributed by atoms with Crippen molar-refractivity contribution in [2.45, 2.75) is 95.8 Å². The number of aliphatic hydroxyl groups excluding tert-OH is 1. The zero-order valence-electron chi connectivity index (χ0n) is 14.0. The molecule has 0 fully saturated rings. The summed E-state index contributed by atoms with van der Waals surface area (Å²) in [5.41, 5.74) is 0. The number of rotatable bonds is 13. The molecule has 2 unspecified atom stereocenters. The minimum absolute atomic E-state index is 0. The Labute approximate surface area is 173 Å². The second-order valence-corrected chi connectivity index (χ2v) is 7.36. The molecular weight excluding hydrogens is 315 g/mol. The molecular formula is C15H31KO4S. The SMILES string of the molecule is CCCCCCCC(CC(O)CCCCC)S(=O)(=O)[O-].[K+]. The maximum atomic E-state index is 11.3. The minimum Gasteiger partial charge on any atom is -0.748 e. The Balaban J connectivity index is 0. The van der Waals surface area contributed by atoms with Crippen molar-refractivity contribution >= 4 is 10.1 Å². The van der Waals surface area contributed by atoms with Crippen LogP contribution >= 0.6 is 0 Å². The van der Waals surface area contributed by atoms with Gasteiger partial charge in [-0.15, -0.1) is 0 Å². The molecule has 0 amide bonds. The Hall–Kier alpha value is 1.51. The van der Waals surface area contributed by atoms with Gasteiger partial charge in [0, 0.05) is 0 Å². The molecule has 0 radical (unpaired) electrons. The van der Waals surface area contributed by atoms with Crippen LogP contribution < -0.4 is 51.4 Å². The van der Waals surface area contributed by atoms with Crippen LogP contribution in [0.1, 0.15) is 84.5 Å². The summed E-state index contributed by atoms with van der Waals surface area (Å²) in [6.45, 7) is 4.20. The van der Waals surface area contributed by atoms with Crippen LogP contribution in [0.5, 0.6) is 0 Å². The van der Waals surface area contributed by atoms with E-state index in [1.165, 1.54) is 0 Å². The molecule has 0 aliphatic carbocycles. The van der Waals surface area contributed by atoms with Crippen molar-refractivity contribution in [1.29, 1.82) is 0 Å². The summed E-state index contributed by atoms with van der Waals surface area (Å²) in [5, 5.41) is 8.93. The van der Waals surface area contributed by atoms with Gasteiger partial charge < -0.3 is 9.66 Å². The van der Waals surface area contributed by atoms with Crippen LogP contribution in [0.25, 0.3) is 0 Å². The molecule has 0 saturated heterocycles. The quantitative estimate of drug-likeness (QED) is 0.301. The maximum Gasteiger partial charge on any atom is 1.00 e. The van der Waals surface area contributed by atoms with Crippen LogP contribution in [0.2, 0.25) is 0 Å². The van der Waals surface area contributed by atoms with E-state index in [-0.39, 0.29) is 57.8 Å². The standard InChI is InChI=1S/C15H32O4S.K/c1-3-5-7-8-10-12-15(20(17,18)19)13-14(16)11-9-6-4-2;/h14-16H,3-13H2,1-2H3,(H,17,18,19);/q;+1/p-1. The van der Waals surface area contributed by atoms with Crippen molar-refractivity contribution in [3.05, 3.63) is 0 Å². The van der Waals surface area contributed by atoms with Crippen LogP contribution in [0.3, 0.4) is 0 Å². The van der Waals surface area contributed by atoms with Gasteiger partial charge in [0.15, 0.2) is 0 Å². The van der Waals surface area contributed by atoms with Gasteiger partial charge in [-0.2, -0.15) is 0 Å². The molecule has 4 nitrogen and oxygen atoms in total. The van der Waals surface area contributed by atoms with Gasteiger partial charge >= 0.3 is 51.4 Å². The first-order valence-corrected chi connectivity index (χ1v) is 9.51. The summed E-state index contributed by atoms with van der Waals surface area (Å²) < 4.78 is 33.8. The first kappa shape index (κ1) is 24.8. The van der Waals surface area contributed by atoms with E-state index in [0.29, 0.717) is 12.8 Å². The molecule has 0 rings (SSSR count). The summed E-state index contributed by atoms with van der Waals surface area (Å²) in [7, 11) is -4.29. The van der Waals surface area contributed by atoms with Crippen LogP contribution in [0.4, 0.5) is 0 Å². The van der Waals surface area contributed by atoms with E-state index in [0.717, 1.165) is 51.4 Å². The molecule has 1 N–H and O–H groups in total. The molecule has 21 heavy (non-hydrogen) atoms. The molecule has 0 heterocycles. The van der Waals surface area contributed by atoms with Crippen LogP contribution in [-0.2, 0) is 10.1 Å². The van der Waals surface area contributed by atoms with Crippen molar-refractivity contribution in [1.82, 2.24) is 0 Å². The van der Waals surface area contributed by atoms with E-state index in [9.17, 15) is 18.1 Å². The monoisotopic (exact) mass is 346 g/mol. The third-order valence-electron chi connectivity index (χ3n) is 3.71. The predicted molar refractivity (Wildman–Crippen MR) is 81.6 cm³/mol. The van der Waals surface area contributed by atoms with Gasteiger partial charge in [-0.25, -0.2) is 8.42 Å². The van der Waals surface area contributed by atoms with Crippen molar-refractivity contribution in [3.63, 3.8) is 0 Å². The van der Waals surface area contributed by atoms with Crippen LogP contribution in [-0.4, -0.2) is 29.4 Å². The van der Waals surface area contributed by atoms with E-state index < -0.39 is 21.5 Å². The van der Waals surface area contributed by atoms with Gasteiger partial charge in [0.25, 0.3) is 0 Å². The predicted octanol–water partition coefficient (Wildman–Crippen LogP) is 0.596. The van der Waals surface area contributed by atoms with Gasteiger partial charge in [-0.3, -0.25) is 0 Å². The molecule has 0 bridgehead atoms. The van der Waals surface area contributed by atoms with Gasteiger partial charge in [0.05, 0.1) is 21.5 Å². The van der Waals surface area contributed by atoms with Gasteiger partial charge in [0.1, 0.15) is 0 Å². The molecule has 0 aromatic carbocycles. The molecule has 6 heteroatoms. The van der Waals surface area contributed by atoms with E-state index in [4.69, 9.17) is 0 Å². The summed E-state index contributed by atoms with van der Waals surface area (Å²) in [5.74, 6) is 0. The topological polar surface area (TPSA) is 77.4 Å². The Morgan fingerprint density at radius 1 is 0.905 bits per heavy atom. The first-order chi connectivity index (χ1) is 9.41. The first-order valence-electron chi connectivity index (χ1n) is 8.04. The fraction of sp³-hybridized carbons (Fsp3) is 1.00. The number of hydrogen-bond acceptors (Lipinski definition) is 4. The Kier molecular flexibility index (Phi) is 17.8. The van der Waals surface area contributed by atoms with Crippen molar-refractivity contribution < 1.29 is 69.5 Å². The molecule has 2 atom stereocenters. The molecule has 0 spiro atoms. The summed E-state index contributed by atoms with van der Waals surface area (Å²) in [6, 6.07) is 0. The van der Waals surface area contributed by atoms with Crippen molar-refractivity contribution in [2.24, 2.45) is 0 Å². The Morgan fingerprint density at radius 2 is 1.38 bits per heavy atom. The molecule has 0 aliphatic heterocycles. The van der Waals surface area contributed by atoms with E-state index >= 15 is 0 Å². The summed E-state index contributed by atoms with van der Waals surface area (Å²) in [6.07, 6.45) is 8.50. The van der Waals surface area contributed by atoms with Gasteiger partial charge in [-0.05, 0) is 19.3 Å². The average Bonchev–Trinajstić information content (AvgIpc) is 2.36. The summed E-state index contributed by atoms with van der Waals surface area (Å²) >= 11 is 0. The van der Waals surface area contributed by atoms with E-state index in [1.54, 1.807) is 0 Å². The van der Waals surface area contributed by atoms with Crippen LogP contribution in [0, 0.1) is 0 Å². The zero-order chi connectivity index (χ0) is 15.4. The molecule has 0 aliphatic rings. The normalized spacial score (nSPS) is 14.5. The molecule has 122 valence electrons. The molecule has 0 saturated carbocycles. The average molecular weight is 347 g/mol. The van der Waals surface area contributed by atoms with Gasteiger partial charge in [-0.1, -0.05) is 65.2 Å². The second kappa shape index (κ2) is 15.1. The minimum atomic E-state index is -4.29. The maximum absolute atomic E-state index is 11.3. The molecule has 0 aromatic rings. The van der Waals surface area contributed by atoms with Crippen molar-refractivity contribution in [2.75, 3.05) is 0 Å². The molecule has 0 aromatic heterocycles. The summed E-state index contributed by atoms with van der Waals surface area (Å²) in [4.78, 5) is 0. The second-order valence-electron chi connectivity index (χ2n) is 5.70. The van der Waals surface area contributed by atoms with Gasteiger partial charge in [0.2, 0.25) is 0 Å². The van der Waals surface area contributed by atoms with Crippen molar-refractivity contribution in [3.8, 4) is 0 Å². The third-order valence-corrected chi connectivity index (χ3v) is 4.96. The largest absolute Gasteiger partial charge is 1.00 e. The third kappa shape index (κ3) is 14.8. The van der Waals surface area contributed by atoms with E-state index in [2.05, 4.69) is 13.8 Å².